The second-order valence-corrected chi connectivity index (χ2v) is 5.17. The molecule has 1 aliphatic rings. The van der Waals surface area contributed by atoms with Gasteiger partial charge in [0.2, 0.25) is 0 Å². The van der Waals surface area contributed by atoms with Gasteiger partial charge in [0, 0.05) is 6.07 Å². The molecule has 0 fully saturated rings. The minimum absolute atomic E-state index is 0.00848. The minimum atomic E-state index is 0.00848. The van der Waals surface area contributed by atoms with Crippen molar-refractivity contribution in [3.05, 3.63) is 59.2 Å². The summed E-state index contributed by atoms with van der Waals surface area (Å²) in [5.41, 5.74) is 3.12. The van der Waals surface area contributed by atoms with Crippen LogP contribution >= 0.6 is 0 Å². The maximum absolute atomic E-state index is 9.24. The summed E-state index contributed by atoms with van der Waals surface area (Å²) >= 11 is 0. The summed E-state index contributed by atoms with van der Waals surface area (Å²) in [6.45, 7) is 0. The molecule has 0 heterocycles. The highest BCUT2D eigenvalue weighted by atomic mass is 16.5. The maximum atomic E-state index is 9.24. The second kappa shape index (κ2) is 5.88. The molecule has 3 rings (SSSR count). The number of nitrogens with zero attached hydrogens (tertiary/aromatic N) is 1. The van der Waals surface area contributed by atoms with E-state index in [2.05, 4.69) is 24.3 Å². The molecular formula is C18H17NO2. The van der Waals surface area contributed by atoms with Gasteiger partial charge in [-0.1, -0.05) is 24.3 Å². The largest absolute Gasteiger partial charge is 0.497 e. The summed E-state index contributed by atoms with van der Waals surface area (Å²) < 4.78 is 11.4. The van der Waals surface area contributed by atoms with Gasteiger partial charge >= 0.3 is 0 Å². The van der Waals surface area contributed by atoms with Gasteiger partial charge in [-0.3, -0.25) is 0 Å². The first kappa shape index (κ1) is 13.5. The van der Waals surface area contributed by atoms with Gasteiger partial charge < -0.3 is 9.47 Å². The first-order chi connectivity index (χ1) is 10.3. The Labute approximate surface area is 124 Å². The van der Waals surface area contributed by atoms with Crippen molar-refractivity contribution in [1.82, 2.24) is 0 Å². The molecule has 0 saturated carbocycles. The van der Waals surface area contributed by atoms with E-state index in [4.69, 9.17) is 9.47 Å². The predicted molar refractivity (Wildman–Crippen MR) is 80.5 cm³/mol. The molecule has 0 radical (unpaired) electrons. The molecule has 1 atom stereocenters. The Morgan fingerprint density at radius 2 is 2.05 bits per heavy atom. The lowest BCUT2D eigenvalue weighted by Crippen LogP contribution is -2.15. The van der Waals surface area contributed by atoms with E-state index in [0.29, 0.717) is 17.1 Å². The average Bonchev–Trinajstić information content (AvgIpc) is 2.55. The van der Waals surface area contributed by atoms with Crippen molar-refractivity contribution in [1.29, 1.82) is 5.26 Å². The SMILES string of the molecule is COc1ccc(C#N)c(OC2CCCc3ccccc32)c1. The van der Waals surface area contributed by atoms with Crippen molar-refractivity contribution in [2.75, 3.05) is 7.11 Å². The first-order valence-corrected chi connectivity index (χ1v) is 7.14. The van der Waals surface area contributed by atoms with Crippen LogP contribution < -0.4 is 9.47 Å². The van der Waals surface area contributed by atoms with E-state index < -0.39 is 0 Å². The van der Waals surface area contributed by atoms with Gasteiger partial charge in [0.1, 0.15) is 23.7 Å². The topological polar surface area (TPSA) is 42.2 Å². The number of methoxy groups -OCH3 is 1. The highest BCUT2D eigenvalue weighted by molar-refractivity contribution is 5.48. The van der Waals surface area contributed by atoms with Crippen LogP contribution in [0, 0.1) is 11.3 Å². The standard InChI is InChI=1S/C18H17NO2/c1-20-15-10-9-14(12-19)18(11-15)21-17-8-4-6-13-5-2-3-7-16(13)17/h2-3,5,7,9-11,17H,4,6,8H2,1H3. The minimum Gasteiger partial charge on any atom is -0.497 e. The van der Waals surface area contributed by atoms with Gasteiger partial charge in [-0.05, 0) is 42.5 Å². The van der Waals surface area contributed by atoms with Gasteiger partial charge in [-0.15, -0.1) is 0 Å². The average molecular weight is 279 g/mol. The monoisotopic (exact) mass is 279 g/mol. The van der Waals surface area contributed by atoms with Crippen molar-refractivity contribution < 1.29 is 9.47 Å². The zero-order valence-corrected chi connectivity index (χ0v) is 12.0. The van der Waals surface area contributed by atoms with E-state index in [1.54, 1.807) is 25.3 Å². The number of fused-ring (bicyclic) bond motifs is 1. The molecule has 21 heavy (non-hydrogen) atoms. The van der Waals surface area contributed by atoms with E-state index in [1.807, 2.05) is 6.07 Å². The molecular weight excluding hydrogens is 262 g/mol. The fourth-order valence-corrected chi connectivity index (χ4v) is 2.80. The molecule has 2 aromatic rings. The van der Waals surface area contributed by atoms with Gasteiger partial charge in [-0.25, -0.2) is 0 Å². The summed E-state index contributed by atoms with van der Waals surface area (Å²) in [4.78, 5) is 0. The van der Waals surface area contributed by atoms with E-state index in [-0.39, 0.29) is 6.10 Å². The van der Waals surface area contributed by atoms with E-state index in [0.717, 1.165) is 19.3 Å². The second-order valence-electron chi connectivity index (χ2n) is 5.17. The summed E-state index contributed by atoms with van der Waals surface area (Å²) in [6, 6.07) is 15.9. The highest BCUT2D eigenvalue weighted by Gasteiger charge is 2.22. The van der Waals surface area contributed by atoms with Crippen LogP contribution in [0.4, 0.5) is 0 Å². The number of aryl methyl sites for hydroxylation is 1. The molecule has 0 spiro atoms. The Balaban J connectivity index is 1.93. The van der Waals surface area contributed by atoms with E-state index in [9.17, 15) is 5.26 Å². The lowest BCUT2D eigenvalue weighted by atomic mass is 9.89. The number of benzene rings is 2. The van der Waals surface area contributed by atoms with Crippen LogP contribution in [0.3, 0.4) is 0 Å². The Morgan fingerprint density at radius 1 is 1.19 bits per heavy atom. The fourth-order valence-electron chi connectivity index (χ4n) is 2.80. The van der Waals surface area contributed by atoms with Crippen LogP contribution in [-0.2, 0) is 6.42 Å². The summed E-state index contributed by atoms with van der Waals surface area (Å²) in [5.74, 6) is 1.30. The Morgan fingerprint density at radius 3 is 2.86 bits per heavy atom. The van der Waals surface area contributed by atoms with Gasteiger partial charge in [0.15, 0.2) is 0 Å². The third-order valence-corrected chi connectivity index (χ3v) is 3.89. The highest BCUT2D eigenvalue weighted by Crippen LogP contribution is 2.35. The van der Waals surface area contributed by atoms with Gasteiger partial charge in [0.05, 0.1) is 12.7 Å². The molecule has 3 heteroatoms. The number of nitriles is 1. The summed E-state index contributed by atoms with van der Waals surface area (Å²) in [6.07, 6.45) is 3.18. The third kappa shape index (κ3) is 2.71. The quantitative estimate of drug-likeness (QED) is 0.852. The normalized spacial score (nSPS) is 16.7. The van der Waals surface area contributed by atoms with Crippen molar-refractivity contribution >= 4 is 0 Å². The maximum Gasteiger partial charge on any atom is 0.141 e. The molecule has 0 aliphatic heterocycles. The zero-order valence-electron chi connectivity index (χ0n) is 12.0. The van der Waals surface area contributed by atoms with Crippen LogP contribution in [0.25, 0.3) is 0 Å². The molecule has 0 aromatic heterocycles. The zero-order chi connectivity index (χ0) is 14.7. The third-order valence-electron chi connectivity index (χ3n) is 3.89. The predicted octanol–water partition coefficient (Wildman–Crippen LogP) is 4.02. The molecule has 1 unspecified atom stereocenters. The van der Waals surface area contributed by atoms with Crippen LogP contribution in [0.1, 0.15) is 35.6 Å². The Kier molecular flexibility index (Phi) is 3.79. The van der Waals surface area contributed by atoms with Crippen LogP contribution in [0.15, 0.2) is 42.5 Å². The molecule has 0 amide bonds. The fraction of sp³-hybridized carbons (Fsp3) is 0.278. The first-order valence-electron chi connectivity index (χ1n) is 7.14. The van der Waals surface area contributed by atoms with Gasteiger partial charge in [0.25, 0.3) is 0 Å². The van der Waals surface area contributed by atoms with Crippen LogP contribution in [-0.4, -0.2) is 7.11 Å². The van der Waals surface area contributed by atoms with Crippen LogP contribution in [0.5, 0.6) is 11.5 Å². The molecule has 1 aliphatic carbocycles. The molecule has 0 saturated heterocycles. The van der Waals surface area contributed by atoms with Crippen molar-refractivity contribution in [3.63, 3.8) is 0 Å². The van der Waals surface area contributed by atoms with Crippen molar-refractivity contribution in [2.45, 2.75) is 25.4 Å². The molecule has 106 valence electrons. The van der Waals surface area contributed by atoms with Gasteiger partial charge in [-0.2, -0.15) is 5.26 Å². The van der Waals surface area contributed by atoms with Crippen molar-refractivity contribution in [3.8, 4) is 17.6 Å². The smallest absolute Gasteiger partial charge is 0.141 e. The van der Waals surface area contributed by atoms with Crippen molar-refractivity contribution in [2.24, 2.45) is 0 Å². The summed E-state index contributed by atoms with van der Waals surface area (Å²) in [7, 11) is 1.61. The molecule has 0 N–H and O–H groups in total. The lowest BCUT2D eigenvalue weighted by molar-refractivity contribution is 0.182. The Hall–Kier alpha value is -2.47. The lowest BCUT2D eigenvalue weighted by Gasteiger charge is -2.26. The van der Waals surface area contributed by atoms with E-state index in [1.165, 1.54) is 11.1 Å². The van der Waals surface area contributed by atoms with Crippen LogP contribution in [0.2, 0.25) is 0 Å². The molecule has 2 aromatic carbocycles. The Bertz CT molecular complexity index is 688. The molecule has 0 bridgehead atoms. The molecule has 3 nitrogen and oxygen atoms in total. The number of hydrogen-bond donors (Lipinski definition) is 0. The van der Waals surface area contributed by atoms with E-state index >= 15 is 0 Å². The number of rotatable bonds is 3. The number of ether oxygens (including phenoxy) is 2. The number of hydrogen-bond acceptors (Lipinski definition) is 3. The summed E-state index contributed by atoms with van der Waals surface area (Å²) in [5, 5.41) is 9.24.